The van der Waals surface area contributed by atoms with Gasteiger partial charge in [0.1, 0.15) is 11.2 Å². The first-order chi connectivity index (χ1) is 36.2. The molecule has 0 saturated heterocycles. The van der Waals surface area contributed by atoms with Crippen molar-refractivity contribution in [2.45, 2.75) is 5.41 Å². The highest BCUT2D eigenvalue weighted by Crippen LogP contribution is 2.59. The summed E-state index contributed by atoms with van der Waals surface area (Å²) in [6, 6.07) is 104. The van der Waals surface area contributed by atoms with Gasteiger partial charge in [-0.1, -0.05) is 237 Å². The predicted octanol–water partition coefficient (Wildman–Crippen LogP) is 19.2. The monoisotopic (exact) mass is 929 g/mol. The quantitative estimate of drug-likeness (QED) is 0.143. The lowest BCUT2D eigenvalue weighted by molar-refractivity contribution is 0.669. The van der Waals surface area contributed by atoms with Crippen LogP contribution in [0, 0.1) is 0 Å². The van der Waals surface area contributed by atoms with Gasteiger partial charge in [-0.15, -0.1) is 0 Å². The second kappa shape index (κ2) is 17.4. The van der Waals surface area contributed by atoms with Gasteiger partial charge in [-0.3, -0.25) is 0 Å². The standard InChI is InChI=1S/C71H47NO/c1-3-19-54(20-4-1)71(55-21-5-2-6-22-55)65-29-12-9-26-64(65)70-63(28-16-30-66(70)71)60-24-10-13-31-67(60)72(57-44-39-50(40-45-57)53-41-46-62-61-25-11-14-32-68(61)73-69(62)47-53)56-42-37-49(38-43-56)48-33-35-52(36-34-48)59-27-15-18-51-17-7-8-23-58(51)59/h1-47H. The van der Waals surface area contributed by atoms with E-state index in [4.69, 9.17) is 4.42 Å². The molecule has 0 amide bonds. The third-order valence-corrected chi connectivity index (χ3v) is 15.2. The van der Waals surface area contributed by atoms with Gasteiger partial charge in [-0.2, -0.15) is 0 Å². The molecule has 2 heteroatoms. The molecule has 14 rings (SSSR count). The molecule has 0 aliphatic heterocycles. The molecule has 0 unspecified atom stereocenters. The highest BCUT2D eigenvalue weighted by Gasteiger charge is 2.47. The third kappa shape index (κ3) is 6.94. The van der Waals surface area contributed by atoms with Gasteiger partial charge in [0.25, 0.3) is 0 Å². The summed E-state index contributed by atoms with van der Waals surface area (Å²) in [5.41, 5.74) is 21.5. The van der Waals surface area contributed by atoms with Crippen LogP contribution in [0.4, 0.5) is 17.1 Å². The Morgan fingerprint density at radius 2 is 0.767 bits per heavy atom. The molecule has 1 aliphatic rings. The average molecular weight is 930 g/mol. The van der Waals surface area contributed by atoms with Crippen molar-refractivity contribution in [1.29, 1.82) is 0 Å². The second-order valence-corrected chi connectivity index (χ2v) is 19.1. The number of nitrogens with zero attached hydrogens (tertiary/aromatic N) is 1. The zero-order valence-corrected chi connectivity index (χ0v) is 40.0. The number of hydrogen-bond acceptors (Lipinski definition) is 2. The smallest absolute Gasteiger partial charge is 0.136 e. The van der Waals surface area contributed by atoms with E-state index in [9.17, 15) is 0 Å². The lowest BCUT2D eigenvalue weighted by Crippen LogP contribution is -2.28. The maximum Gasteiger partial charge on any atom is 0.136 e. The van der Waals surface area contributed by atoms with E-state index in [0.717, 1.165) is 61.3 Å². The minimum Gasteiger partial charge on any atom is -0.456 e. The summed E-state index contributed by atoms with van der Waals surface area (Å²) >= 11 is 0. The molecule has 0 N–H and O–H groups in total. The summed E-state index contributed by atoms with van der Waals surface area (Å²) in [6.45, 7) is 0. The van der Waals surface area contributed by atoms with Crippen molar-refractivity contribution in [2.24, 2.45) is 0 Å². The largest absolute Gasteiger partial charge is 0.456 e. The van der Waals surface area contributed by atoms with Crippen molar-refractivity contribution in [3.8, 4) is 55.6 Å². The summed E-state index contributed by atoms with van der Waals surface area (Å²) in [5.74, 6) is 0. The zero-order valence-electron chi connectivity index (χ0n) is 40.0. The van der Waals surface area contributed by atoms with Crippen LogP contribution >= 0.6 is 0 Å². The minimum atomic E-state index is -0.511. The van der Waals surface area contributed by atoms with Crippen LogP contribution in [0.1, 0.15) is 22.3 Å². The summed E-state index contributed by atoms with van der Waals surface area (Å²) in [4.78, 5) is 2.43. The van der Waals surface area contributed by atoms with Gasteiger partial charge in [0.2, 0.25) is 0 Å². The molecule has 0 atom stereocenters. The van der Waals surface area contributed by atoms with Crippen molar-refractivity contribution >= 4 is 49.8 Å². The number of para-hydroxylation sites is 2. The van der Waals surface area contributed by atoms with E-state index >= 15 is 0 Å². The molecule has 1 heterocycles. The zero-order chi connectivity index (χ0) is 48.3. The average Bonchev–Trinajstić information content (AvgIpc) is 4.00. The van der Waals surface area contributed by atoms with E-state index in [0.29, 0.717) is 0 Å². The van der Waals surface area contributed by atoms with Crippen molar-refractivity contribution < 1.29 is 4.42 Å². The van der Waals surface area contributed by atoms with Gasteiger partial charge in [0.15, 0.2) is 0 Å². The fourth-order valence-electron chi connectivity index (χ4n) is 11.9. The number of benzene rings is 12. The first kappa shape index (κ1) is 42.4. The van der Waals surface area contributed by atoms with E-state index in [2.05, 4.69) is 278 Å². The fourth-order valence-corrected chi connectivity index (χ4v) is 11.9. The maximum absolute atomic E-state index is 6.34. The molecular weight excluding hydrogens is 883 g/mol. The van der Waals surface area contributed by atoms with Crippen LogP contribution < -0.4 is 4.90 Å². The Hall–Kier alpha value is -9.50. The van der Waals surface area contributed by atoms with E-state index < -0.39 is 5.41 Å². The van der Waals surface area contributed by atoms with E-state index in [-0.39, 0.29) is 0 Å². The molecule has 0 radical (unpaired) electrons. The van der Waals surface area contributed by atoms with Crippen molar-refractivity contribution in [3.63, 3.8) is 0 Å². The third-order valence-electron chi connectivity index (χ3n) is 15.2. The molecule has 0 fully saturated rings. The van der Waals surface area contributed by atoms with Crippen LogP contribution in [0.3, 0.4) is 0 Å². The Kier molecular flexibility index (Phi) is 10.1. The Morgan fingerprint density at radius 1 is 0.288 bits per heavy atom. The van der Waals surface area contributed by atoms with Crippen molar-refractivity contribution in [2.75, 3.05) is 4.90 Å². The topological polar surface area (TPSA) is 16.4 Å². The van der Waals surface area contributed by atoms with Gasteiger partial charge in [-0.25, -0.2) is 0 Å². The van der Waals surface area contributed by atoms with Gasteiger partial charge in [0.05, 0.1) is 11.1 Å². The Morgan fingerprint density at radius 3 is 1.49 bits per heavy atom. The molecule has 1 aromatic heterocycles. The summed E-state index contributed by atoms with van der Waals surface area (Å²) in [5, 5.41) is 4.77. The van der Waals surface area contributed by atoms with Gasteiger partial charge >= 0.3 is 0 Å². The Balaban J connectivity index is 0.909. The van der Waals surface area contributed by atoms with Crippen LogP contribution in [-0.4, -0.2) is 0 Å². The van der Waals surface area contributed by atoms with Gasteiger partial charge < -0.3 is 9.32 Å². The van der Waals surface area contributed by atoms with Gasteiger partial charge in [-0.05, 0) is 132 Å². The Bertz CT molecular complexity index is 4130. The molecule has 0 saturated carbocycles. The highest BCUT2D eigenvalue weighted by atomic mass is 16.3. The first-order valence-electron chi connectivity index (χ1n) is 25.2. The molecule has 0 spiro atoms. The fraction of sp³-hybridized carbons (Fsp3) is 0.0141. The number of hydrogen-bond donors (Lipinski definition) is 0. The second-order valence-electron chi connectivity index (χ2n) is 19.1. The number of anilines is 3. The summed E-state index contributed by atoms with van der Waals surface area (Å²) in [6.07, 6.45) is 0. The molecule has 1 aliphatic carbocycles. The molecule has 342 valence electrons. The Labute approximate surface area is 425 Å². The summed E-state index contributed by atoms with van der Waals surface area (Å²) in [7, 11) is 0. The molecule has 73 heavy (non-hydrogen) atoms. The molecule has 0 bridgehead atoms. The molecule has 12 aromatic carbocycles. The minimum absolute atomic E-state index is 0.511. The normalized spacial score (nSPS) is 12.5. The number of furan rings is 1. The molecular formula is C71H47NO. The van der Waals surface area contributed by atoms with E-state index in [1.807, 2.05) is 12.1 Å². The van der Waals surface area contributed by atoms with E-state index in [1.54, 1.807) is 0 Å². The maximum atomic E-state index is 6.34. The molecule has 13 aromatic rings. The lowest BCUT2D eigenvalue weighted by Gasteiger charge is -2.34. The number of rotatable bonds is 9. The summed E-state index contributed by atoms with van der Waals surface area (Å²) < 4.78 is 6.34. The first-order valence-corrected chi connectivity index (χ1v) is 25.2. The van der Waals surface area contributed by atoms with Crippen LogP contribution in [-0.2, 0) is 5.41 Å². The van der Waals surface area contributed by atoms with Crippen molar-refractivity contribution in [3.05, 3.63) is 307 Å². The molecule has 2 nitrogen and oxygen atoms in total. The highest BCUT2D eigenvalue weighted by molar-refractivity contribution is 6.06. The number of fused-ring (bicyclic) bond motifs is 7. The van der Waals surface area contributed by atoms with E-state index in [1.165, 1.54) is 66.4 Å². The van der Waals surface area contributed by atoms with Crippen LogP contribution in [0.25, 0.3) is 88.3 Å². The van der Waals surface area contributed by atoms with Crippen LogP contribution in [0.2, 0.25) is 0 Å². The van der Waals surface area contributed by atoms with Gasteiger partial charge in [0, 0.05) is 27.7 Å². The lowest BCUT2D eigenvalue weighted by atomic mass is 9.67. The van der Waals surface area contributed by atoms with Crippen LogP contribution in [0.5, 0.6) is 0 Å². The SMILES string of the molecule is c1ccc(C2(c3ccccc3)c3ccccc3-c3c(-c4ccccc4N(c4ccc(-c5ccc(-c6cccc7ccccc67)cc5)cc4)c4ccc(-c5ccc6c(c5)oc5ccccc56)cc4)cccc32)cc1. The van der Waals surface area contributed by atoms with Crippen molar-refractivity contribution in [1.82, 2.24) is 0 Å². The predicted molar refractivity (Wildman–Crippen MR) is 305 cm³/mol. The van der Waals surface area contributed by atoms with Crippen LogP contribution in [0.15, 0.2) is 290 Å².